The van der Waals surface area contributed by atoms with E-state index in [0.717, 1.165) is 34.3 Å². The number of aryl methyl sites for hydroxylation is 2. The van der Waals surface area contributed by atoms with Crippen LogP contribution >= 0.6 is 15.9 Å². The second-order valence-corrected chi connectivity index (χ2v) is 7.09. The van der Waals surface area contributed by atoms with Gasteiger partial charge in [0.2, 0.25) is 0 Å². The molecule has 0 heterocycles. The quantitative estimate of drug-likeness (QED) is 0.496. The summed E-state index contributed by atoms with van der Waals surface area (Å²) >= 11 is 3.47. The average Bonchev–Trinajstić information content (AvgIpc) is 2.63. The molecule has 0 saturated carbocycles. The molecular weight excluding hydrogens is 406 g/mol. The molecule has 0 fully saturated rings. The molecule has 27 heavy (non-hydrogen) atoms. The van der Waals surface area contributed by atoms with E-state index in [1.165, 1.54) is 5.69 Å². The summed E-state index contributed by atoms with van der Waals surface area (Å²) in [5.74, 6) is 0.365. The van der Waals surface area contributed by atoms with Crippen LogP contribution in [0.25, 0.3) is 0 Å². The van der Waals surface area contributed by atoms with Gasteiger partial charge in [-0.1, -0.05) is 18.2 Å². The Kier molecular flexibility index (Phi) is 7.85. The van der Waals surface area contributed by atoms with Gasteiger partial charge >= 0.3 is 0 Å². The van der Waals surface area contributed by atoms with E-state index in [1.807, 2.05) is 38.1 Å². The Labute approximate surface area is 169 Å². The van der Waals surface area contributed by atoms with Gasteiger partial charge in [-0.2, -0.15) is 5.10 Å². The number of hydrazone groups is 1. The lowest BCUT2D eigenvalue weighted by atomic mass is 10.1. The van der Waals surface area contributed by atoms with E-state index in [9.17, 15) is 4.79 Å². The van der Waals surface area contributed by atoms with Crippen LogP contribution in [0.1, 0.15) is 30.5 Å². The number of nitrogens with one attached hydrogen (secondary N) is 1. The van der Waals surface area contributed by atoms with Gasteiger partial charge in [-0.25, -0.2) is 5.43 Å². The molecule has 5 nitrogen and oxygen atoms in total. The molecule has 0 spiro atoms. The number of hydrogen-bond donors (Lipinski definition) is 1. The maximum atomic E-state index is 11.9. The Bertz CT molecular complexity index is 777. The highest BCUT2D eigenvalue weighted by atomic mass is 79.9. The molecule has 0 aliphatic carbocycles. The monoisotopic (exact) mass is 431 g/mol. The number of halogens is 1. The first-order valence-electron chi connectivity index (χ1n) is 9.01. The van der Waals surface area contributed by atoms with Crippen molar-refractivity contribution in [3.05, 3.63) is 57.6 Å². The van der Waals surface area contributed by atoms with Gasteiger partial charge in [0.1, 0.15) is 5.75 Å². The molecule has 0 aromatic heterocycles. The highest BCUT2D eigenvalue weighted by molar-refractivity contribution is 9.10. The number of rotatable bonds is 8. The zero-order chi connectivity index (χ0) is 19.8. The minimum absolute atomic E-state index is 0.0965. The molecule has 2 aromatic rings. The molecule has 0 radical (unpaired) electrons. The first kappa shape index (κ1) is 21.0. The molecule has 6 heteroatoms. The lowest BCUT2D eigenvalue weighted by Gasteiger charge is -2.20. The normalized spacial score (nSPS) is 10.9. The van der Waals surface area contributed by atoms with Gasteiger partial charge in [-0.15, -0.1) is 0 Å². The largest absolute Gasteiger partial charge is 0.482 e. The van der Waals surface area contributed by atoms with Crippen LogP contribution in [0.3, 0.4) is 0 Å². The Morgan fingerprint density at radius 3 is 2.44 bits per heavy atom. The van der Waals surface area contributed by atoms with Crippen LogP contribution in [0.5, 0.6) is 5.75 Å². The molecule has 2 rings (SSSR count). The third-order valence-electron chi connectivity index (χ3n) is 4.15. The maximum absolute atomic E-state index is 11.9. The van der Waals surface area contributed by atoms with E-state index in [2.05, 4.69) is 57.3 Å². The van der Waals surface area contributed by atoms with Gasteiger partial charge in [0.15, 0.2) is 6.61 Å². The van der Waals surface area contributed by atoms with Crippen LogP contribution in [-0.4, -0.2) is 31.8 Å². The van der Waals surface area contributed by atoms with Crippen molar-refractivity contribution >= 4 is 33.7 Å². The smallest absolute Gasteiger partial charge is 0.277 e. The molecule has 0 bridgehead atoms. The third-order valence-corrected chi connectivity index (χ3v) is 4.73. The fourth-order valence-corrected chi connectivity index (χ4v) is 3.58. The van der Waals surface area contributed by atoms with Crippen LogP contribution in [0.2, 0.25) is 0 Å². The van der Waals surface area contributed by atoms with Crippen LogP contribution in [-0.2, 0) is 4.79 Å². The molecule has 0 atom stereocenters. The molecule has 144 valence electrons. The zero-order valence-electron chi connectivity index (χ0n) is 16.3. The lowest BCUT2D eigenvalue weighted by molar-refractivity contribution is -0.123. The molecule has 0 aliphatic rings. The number of hydrogen-bond acceptors (Lipinski definition) is 4. The van der Waals surface area contributed by atoms with E-state index < -0.39 is 0 Å². The van der Waals surface area contributed by atoms with Crippen LogP contribution in [0.4, 0.5) is 5.69 Å². The minimum Gasteiger partial charge on any atom is -0.482 e. The van der Waals surface area contributed by atoms with Crippen molar-refractivity contribution in [1.82, 2.24) is 5.43 Å². The molecule has 0 unspecified atom stereocenters. The molecule has 0 aliphatic heterocycles. The number of benzene rings is 2. The molecule has 1 amide bonds. The van der Waals surface area contributed by atoms with Gasteiger partial charge in [-0.05, 0) is 78.5 Å². The third kappa shape index (κ3) is 6.10. The summed E-state index contributed by atoms with van der Waals surface area (Å²) in [7, 11) is 0. The summed E-state index contributed by atoms with van der Waals surface area (Å²) in [5, 5.41) is 4.00. The minimum atomic E-state index is -0.308. The van der Waals surface area contributed by atoms with Crippen LogP contribution < -0.4 is 15.1 Å². The number of anilines is 1. The maximum Gasteiger partial charge on any atom is 0.277 e. The van der Waals surface area contributed by atoms with E-state index in [1.54, 1.807) is 6.21 Å². The lowest BCUT2D eigenvalue weighted by Crippen LogP contribution is -2.25. The Balaban J connectivity index is 1.86. The fourth-order valence-electron chi connectivity index (χ4n) is 2.79. The van der Waals surface area contributed by atoms with Crippen molar-refractivity contribution in [3.63, 3.8) is 0 Å². The Morgan fingerprint density at radius 2 is 1.85 bits per heavy atom. The topological polar surface area (TPSA) is 53.9 Å². The van der Waals surface area contributed by atoms with Crippen molar-refractivity contribution in [1.29, 1.82) is 0 Å². The van der Waals surface area contributed by atoms with E-state index in [-0.39, 0.29) is 12.5 Å². The average molecular weight is 432 g/mol. The first-order chi connectivity index (χ1) is 12.9. The summed E-state index contributed by atoms with van der Waals surface area (Å²) in [4.78, 5) is 14.2. The second-order valence-electron chi connectivity index (χ2n) is 6.24. The fraction of sp³-hybridized carbons (Fsp3) is 0.333. The number of ether oxygens (including phenoxy) is 1. The Morgan fingerprint density at radius 1 is 1.19 bits per heavy atom. The van der Waals surface area contributed by atoms with E-state index >= 15 is 0 Å². The van der Waals surface area contributed by atoms with E-state index in [0.29, 0.717) is 5.75 Å². The predicted molar refractivity (Wildman–Crippen MR) is 115 cm³/mol. The summed E-state index contributed by atoms with van der Waals surface area (Å²) in [6, 6.07) is 12.0. The molecule has 1 N–H and O–H groups in total. The number of nitrogens with zero attached hydrogens (tertiary/aromatic N) is 2. The van der Waals surface area contributed by atoms with Crippen molar-refractivity contribution in [2.24, 2.45) is 5.10 Å². The highest BCUT2D eigenvalue weighted by Gasteiger charge is 2.09. The zero-order valence-corrected chi connectivity index (χ0v) is 17.8. The highest BCUT2D eigenvalue weighted by Crippen LogP contribution is 2.30. The van der Waals surface area contributed by atoms with Crippen molar-refractivity contribution in [3.8, 4) is 5.75 Å². The van der Waals surface area contributed by atoms with Gasteiger partial charge in [0, 0.05) is 18.8 Å². The van der Waals surface area contributed by atoms with Crippen LogP contribution in [0.15, 0.2) is 46.0 Å². The van der Waals surface area contributed by atoms with E-state index in [4.69, 9.17) is 4.74 Å². The van der Waals surface area contributed by atoms with Gasteiger partial charge in [-0.3, -0.25) is 4.79 Å². The van der Waals surface area contributed by atoms with Gasteiger partial charge < -0.3 is 9.64 Å². The van der Waals surface area contributed by atoms with Crippen molar-refractivity contribution < 1.29 is 9.53 Å². The molecule has 0 saturated heterocycles. The molecular formula is C21H26BrN3O2. The van der Waals surface area contributed by atoms with Gasteiger partial charge in [0.25, 0.3) is 5.91 Å². The SMILES string of the molecule is CCN(CC)c1ccc(/C=N/NC(=O)COc2c(C)cc(C)cc2Br)cc1. The number of carbonyl (C=O) groups excluding carboxylic acids is 1. The second kappa shape index (κ2) is 10.1. The summed E-state index contributed by atoms with van der Waals surface area (Å²) in [6.07, 6.45) is 1.62. The Hall–Kier alpha value is -2.34. The summed E-state index contributed by atoms with van der Waals surface area (Å²) < 4.78 is 6.45. The van der Waals surface area contributed by atoms with Crippen molar-refractivity contribution in [2.45, 2.75) is 27.7 Å². The standard InChI is InChI=1S/C21H26BrN3O2/c1-5-25(6-2)18-9-7-17(8-10-18)13-23-24-20(26)14-27-21-16(4)11-15(3)12-19(21)22/h7-13H,5-6,14H2,1-4H3,(H,24,26)/b23-13+. The number of amides is 1. The van der Waals surface area contributed by atoms with Crippen LogP contribution in [0, 0.1) is 13.8 Å². The molecule has 2 aromatic carbocycles. The first-order valence-corrected chi connectivity index (χ1v) is 9.80. The summed E-state index contributed by atoms with van der Waals surface area (Å²) in [6.45, 7) is 10.1. The van der Waals surface area contributed by atoms with Gasteiger partial charge in [0.05, 0.1) is 10.7 Å². The predicted octanol–water partition coefficient (Wildman–Crippen LogP) is 4.44. The van der Waals surface area contributed by atoms with Crippen molar-refractivity contribution in [2.75, 3.05) is 24.6 Å². The number of carbonyl (C=O) groups is 1. The summed E-state index contributed by atoms with van der Waals surface area (Å²) in [5.41, 5.74) is 6.70.